The summed E-state index contributed by atoms with van der Waals surface area (Å²) in [5.41, 5.74) is 4.14. The fraction of sp³-hybridized carbons (Fsp3) is 0.257. The standard InChI is InChI=1S/C35H37BrN2O2/c1-3-26(2)37-35(40)33(23-27-14-7-4-8-15-27)38(25-28-16-13-21-31(36)22-28)34(39)24-32(29-17-9-5-10-18-29)30-19-11-6-12-20-30/h4-22,26,32-33H,3,23-25H2,1-2H3,(H,37,40). The Morgan fingerprint density at radius 3 is 1.88 bits per heavy atom. The summed E-state index contributed by atoms with van der Waals surface area (Å²) >= 11 is 3.57. The lowest BCUT2D eigenvalue weighted by molar-refractivity contribution is -0.141. The van der Waals surface area contributed by atoms with Crippen molar-refractivity contribution >= 4 is 27.7 Å². The van der Waals surface area contributed by atoms with Crippen LogP contribution in [-0.2, 0) is 22.6 Å². The van der Waals surface area contributed by atoms with Crippen LogP contribution in [0.2, 0.25) is 0 Å². The van der Waals surface area contributed by atoms with Crippen molar-refractivity contribution in [3.8, 4) is 0 Å². The molecule has 0 spiro atoms. The Morgan fingerprint density at radius 1 is 0.775 bits per heavy atom. The van der Waals surface area contributed by atoms with E-state index in [0.29, 0.717) is 13.0 Å². The molecule has 0 saturated carbocycles. The molecular formula is C35H37BrN2O2. The van der Waals surface area contributed by atoms with Gasteiger partial charge in [0.1, 0.15) is 6.04 Å². The monoisotopic (exact) mass is 596 g/mol. The Labute approximate surface area is 246 Å². The van der Waals surface area contributed by atoms with Gasteiger partial charge < -0.3 is 10.2 Å². The van der Waals surface area contributed by atoms with E-state index in [1.54, 1.807) is 4.90 Å². The van der Waals surface area contributed by atoms with Crippen molar-refractivity contribution in [2.75, 3.05) is 0 Å². The number of carbonyl (C=O) groups is 2. The Balaban J connectivity index is 1.74. The molecule has 2 unspecified atom stereocenters. The lowest BCUT2D eigenvalue weighted by Crippen LogP contribution is -2.52. The molecule has 4 nitrogen and oxygen atoms in total. The van der Waals surface area contributed by atoms with E-state index in [0.717, 1.165) is 33.1 Å². The van der Waals surface area contributed by atoms with Gasteiger partial charge in [-0.3, -0.25) is 9.59 Å². The van der Waals surface area contributed by atoms with Gasteiger partial charge in [-0.05, 0) is 47.7 Å². The summed E-state index contributed by atoms with van der Waals surface area (Å²) in [4.78, 5) is 30.0. The van der Waals surface area contributed by atoms with Crippen LogP contribution >= 0.6 is 15.9 Å². The maximum Gasteiger partial charge on any atom is 0.243 e. The molecule has 1 N–H and O–H groups in total. The summed E-state index contributed by atoms with van der Waals surface area (Å²) < 4.78 is 0.938. The highest BCUT2D eigenvalue weighted by atomic mass is 79.9. The highest BCUT2D eigenvalue weighted by Crippen LogP contribution is 2.30. The average Bonchev–Trinajstić information content (AvgIpc) is 2.99. The first kappa shape index (κ1) is 29.3. The largest absolute Gasteiger partial charge is 0.352 e. The topological polar surface area (TPSA) is 49.4 Å². The van der Waals surface area contributed by atoms with Crippen LogP contribution in [0, 0.1) is 0 Å². The molecule has 40 heavy (non-hydrogen) atoms. The molecule has 0 bridgehead atoms. The first-order valence-electron chi connectivity index (χ1n) is 13.9. The Kier molecular flexibility index (Phi) is 10.7. The van der Waals surface area contributed by atoms with E-state index in [-0.39, 0.29) is 30.2 Å². The minimum atomic E-state index is -0.657. The highest BCUT2D eigenvalue weighted by Gasteiger charge is 2.32. The molecule has 0 radical (unpaired) electrons. The number of benzene rings is 4. The number of carbonyl (C=O) groups excluding carboxylic acids is 2. The number of hydrogen-bond donors (Lipinski definition) is 1. The van der Waals surface area contributed by atoms with Gasteiger partial charge in [-0.1, -0.05) is 126 Å². The summed E-state index contributed by atoms with van der Waals surface area (Å²) in [6.07, 6.45) is 1.50. The maximum atomic E-state index is 14.4. The van der Waals surface area contributed by atoms with Gasteiger partial charge >= 0.3 is 0 Å². The van der Waals surface area contributed by atoms with E-state index in [2.05, 4.69) is 45.5 Å². The van der Waals surface area contributed by atoms with E-state index in [4.69, 9.17) is 0 Å². The molecule has 0 aliphatic carbocycles. The number of nitrogens with zero attached hydrogens (tertiary/aromatic N) is 1. The van der Waals surface area contributed by atoms with Crippen LogP contribution in [0.4, 0.5) is 0 Å². The SMILES string of the molecule is CCC(C)NC(=O)C(Cc1ccccc1)N(Cc1cccc(Br)c1)C(=O)CC(c1ccccc1)c1ccccc1. The first-order chi connectivity index (χ1) is 19.4. The van der Waals surface area contributed by atoms with Gasteiger partial charge in [0.15, 0.2) is 0 Å². The molecule has 2 atom stereocenters. The molecule has 0 aliphatic rings. The van der Waals surface area contributed by atoms with Crippen LogP contribution in [0.25, 0.3) is 0 Å². The zero-order chi connectivity index (χ0) is 28.3. The Morgan fingerprint density at radius 2 is 1.32 bits per heavy atom. The van der Waals surface area contributed by atoms with Gasteiger partial charge in [-0.15, -0.1) is 0 Å². The molecule has 0 aliphatic heterocycles. The minimum Gasteiger partial charge on any atom is -0.352 e. The molecule has 206 valence electrons. The van der Waals surface area contributed by atoms with Crippen LogP contribution in [0.1, 0.15) is 54.9 Å². The van der Waals surface area contributed by atoms with E-state index in [1.807, 2.05) is 105 Å². The lowest BCUT2D eigenvalue weighted by Gasteiger charge is -2.33. The second kappa shape index (κ2) is 14.6. The van der Waals surface area contributed by atoms with Gasteiger partial charge in [-0.2, -0.15) is 0 Å². The van der Waals surface area contributed by atoms with Gasteiger partial charge in [-0.25, -0.2) is 0 Å². The summed E-state index contributed by atoms with van der Waals surface area (Å²) in [6.45, 7) is 4.38. The van der Waals surface area contributed by atoms with Crippen molar-refractivity contribution in [1.82, 2.24) is 10.2 Å². The zero-order valence-electron chi connectivity index (χ0n) is 23.2. The Hall–Kier alpha value is -3.70. The zero-order valence-corrected chi connectivity index (χ0v) is 24.8. The van der Waals surface area contributed by atoms with Gasteiger partial charge in [0, 0.05) is 35.8 Å². The molecular weight excluding hydrogens is 560 g/mol. The first-order valence-corrected chi connectivity index (χ1v) is 14.7. The summed E-state index contributed by atoms with van der Waals surface area (Å²) in [5, 5.41) is 3.16. The van der Waals surface area contributed by atoms with Crippen LogP contribution in [0.15, 0.2) is 120 Å². The normalized spacial score (nSPS) is 12.5. The van der Waals surface area contributed by atoms with Gasteiger partial charge in [0.25, 0.3) is 0 Å². The van der Waals surface area contributed by atoms with E-state index < -0.39 is 6.04 Å². The highest BCUT2D eigenvalue weighted by molar-refractivity contribution is 9.10. The smallest absolute Gasteiger partial charge is 0.243 e. The predicted octanol–water partition coefficient (Wildman–Crippen LogP) is 7.53. The average molecular weight is 598 g/mol. The van der Waals surface area contributed by atoms with Gasteiger partial charge in [0.05, 0.1) is 0 Å². The van der Waals surface area contributed by atoms with Crippen LogP contribution < -0.4 is 5.32 Å². The third kappa shape index (κ3) is 8.15. The van der Waals surface area contributed by atoms with Crippen molar-refractivity contribution in [2.45, 2.75) is 57.7 Å². The molecule has 4 rings (SSSR count). The third-order valence-corrected chi connectivity index (χ3v) is 7.79. The molecule has 0 saturated heterocycles. The maximum absolute atomic E-state index is 14.4. The number of rotatable bonds is 12. The molecule has 4 aromatic rings. The van der Waals surface area contributed by atoms with Crippen molar-refractivity contribution < 1.29 is 9.59 Å². The predicted molar refractivity (Wildman–Crippen MR) is 166 cm³/mol. The van der Waals surface area contributed by atoms with Crippen molar-refractivity contribution in [3.05, 3.63) is 142 Å². The second-order valence-corrected chi connectivity index (χ2v) is 11.2. The number of hydrogen-bond acceptors (Lipinski definition) is 2. The molecule has 0 fully saturated rings. The number of nitrogens with one attached hydrogen (secondary N) is 1. The molecule has 5 heteroatoms. The van der Waals surface area contributed by atoms with Crippen molar-refractivity contribution in [1.29, 1.82) is 0 Å². The summed E-state index contributed by atoms with van der Waals surface area (Å²) in [7, 11) is 0. The summed E-state index contributed by atoms with van der Waals surface area (Å²) in [6, 6.07) is 37.5. The molecule has 0 aromatic heterocycles. The quantitative estimate of drug-likeness (QED) is 0.184. The molecule has 0 heterocycles. The Bertz CT molecular complexity index is 1320. The molecule has 2 amide bonds. The second-order valence-electron chi connectivity index (χ2n) is 10.3. The van der Waals surface area contributed by atoms with Crippen molar-refractivity contribution in [2.24, 2.45) is 0 Å². The molecule has 4 aromatic carbocycles. The fourth-order valence-electron chi connectivity index (χ4n) is 4.92. The number of amides is 2. The van der Waals surface area contributed by atoms with Crippen LogP contribution in [-0.4, -0.2) is 28.8 Å². The van der Waals surface area contributed by atoms with E-state index in [9.17, 15) is 9.59 Å². The minimum absolute atomic E-state index is 0.00924. The van der Waals surface area contributed by atoms with E-state index >= 15 is 0 Å². The lowest BCUT2D eigenvalue weighted by atomic mass is 9.87. The van der Waals surface area contributed by atoms with Crippen LogP contribution in [0.3, 0.4) is 0 Å². The number of halogens is 1. The van der Waals surface area contributed by atoms with Crippen molar-refractivity contribution in [3.63, 3.8) is 0 Å². The van der Waals surface area contributed by atoms with Crippen LogP contribution in [0.5, 0.6) is 0 Å². The fourth-order valence-corrected chi connectivity index (χ4v) is 5.36. The van der Waals surface area contributed by atoms with E-state index in [1.165, 1.54) is 0 Å². The third-order valence-electron chi connectivity index (χ3n) is 7.30. The summed E-state index contributed by atoms with van der Waals surface area (Å²) in [5.74, 6) is -0.314. The van der Waals surface area contributed by atoms with Gasteiger partial charge in [0.2, 0.25) is 11.8 Å².